The Balaban J connectivity index is 2.22. The van der Waals surface area contributed by atoms with E-state index in [0.29, 0.717) is 22.2 Å². The summed E-state index contributed by atoms with van der Waals surface area (Å²) in [5.41, 5.74) is 2.31. The van der Waals surface area contributed by atoms with E-state index < -0.39 is 0 Å². The van der Waals surface area contributed by atoms with Crippen LogP contribution in [0.3, 0.4) is 0 Å². The fraction of sp³-hybridized carbons (Fsp3) is 0.190. The van der Waals surface area contributed by atoms with Gasteiger partial charge in [0.2, 0.25) is 0 Å². The number of carbonyl (C=O) groups is 1. The molecule has 0 saturated heterocycles. The summed E-state index contributed by atoms with van der Waals surface area (Å²) in [4.78, 5) is 12.4. The van der Waals surface area contributed by atoms with Crippen molar-refractivity contribution in [2.24, 2.45) is 0 Å². The summed E-state index contributed by atoms with van der Waals surface area (Å²) in [5.74, 6) is -0.339. The lowest BCUT2D eigenvalue weighted by Crippen LogP contribution is -2.07. The number of ether oxygens (including phenoxy) is 1. The summed E-state index contributed by atoms with van der Waals surface area (Å²) in [6.07, 6.45) is 7.23. The Morgan fingerprint density at radius 1 is 0.960 bits per heavy atom. The number of unbranched alkanes of at least 4 members (excludes halogenated alkanes) is 1. The molecule has 0 aliphatic rings. The van der Waals surface area contributed by atoms with Crippen LogP contribution in [0.15, 0.2) is 60.2 Å². The van der Waals surface area contributed by atoms with Crippen LogP contribution in [-0.2, 0) is 9.53 Å². The molecule has 2 rings (SSSR count). The van der Waals surface area contributed by atoms with Crippen LogP contribution in [0.4, 0.5) is 0 Å². The highest BCUT2D eigenvalue weighted by atomic mass is 35.5. The van der Waals surface area contributed by atoms with Crippen molar-refractivity contribution in [3.8, 4) is 0 Å². The second-order valence-electron chi connectivity index (χ2n) is 5.53. The molecule has 2 nitrogen and oxygen atoms in total. The Morgan fingerprint density at radius 2 is 1.52 bits per heavy atom. The van der Waals surface area contributed by atoms with Crippen molar-refractivity contribution in [1.82, 2.24) is 0 Å². The lowest BCUT2D eigenvalue weighted by Gasteiger charge is -2.05. The molecule has 0 N–H and O–H groups in total. The summed E-state index contributed by atoms with van der Waals surface area (Å²) in [7, 11) is 0. The zero-order valence-electron chi connectivity index (χ0n) is 14.0. The molecule has 0 heterocycles. The minimum atomic E-state index is -0.339. The third kappa shape index (κ3) is 6.77. The van der Waals surface area contributed by atoms with Gasteiger partial charge in [0.25, 0.3) is 0 Å². The molecule has 0 amide bonds. The maximum atomic E-state index is 12.4. The highest BCUT2D eigenvalue weighted by molar-refractivity contribution is 6.30. The SMILES string of the molecule is CCCCOC(=O)C(=C\c1ccc(Cl)cc1)/C=C/c1ccc(Cl)cc1. The number of benzene rings is 2. The van der Waals surface area contributed by atoms with Gasteiger partial charge in [-0.1, -0.05) is 66.9 Å². The van der Waals surface area contributed by atoms with Crippen LogP contribution in [0.5, 0.6) is 0 Å². The average molecular weight is 375 g/mol. The first-order chi connectivity index (χ1) is 12.1. The van der Waals surface area contributed by atoms with Gasteiger partial charge in [0, 0.05) is 10.0 Å². The zero-order chi connectivity index (χ0) is 18.1. The van der Waals surface area contributed by atoms with E-state index in [1.807, 2.05) is 42.5 Å². The van der Waals surface area contributed by atoms with Crippen LogP contribution in [0.25, 0.3) is 12.2 Å². The summed E-state index contributed by atoms with van der Waals surface area (Å²) in [6.45, 7) is 2.47. The summed E-state index contributed by atoms with van der Waals surface area (Å²) < 4.78 is 5.34. The van der Waals surface area contributed by atoms with Gasteiger partial charge < -0.3 is 4.74 Å². The molecule has 0 aliphatic carbocycles. The van der Waals surface area contributed by atoms with Crippen molar-refractivity contribution < 1.29 is 9.53 Å². The van der Waals surface area contributed by atoms with Gasteiger partial charge in [-0.3, -0.25) is 0 Å². The second kappa shape index (κ2) is 10.1. The first kappa shape index (κ1) is 19.3. The standard InChI is InChI=1S/C21H20Cl2O2/c1-2-3-14-25-21(24)18(15-17-7-12-20(23)13-8-17)9-4-16-5-10-19(22)11-6-16/h4-13,15H,2-3,14H2,1H3/b9-4+,18-15-. The Bertz CT molecular complexity index is 744. The van der Waals surface area contributed by atoms with E-state index in [2.05, 4.69) is 6.92 Å². The van der Waals surface area contributed by atoms with Crippen molar-refractivity contribution >= 4 is 41.3 Å². The fourth-order valence-corrected chi connectivity index (χ4v) is 2.32. The lowest BCUT2D eigenvalue weighted by molar-refractivity contribution is -0.138. The normalized spacial score (nSPS) is 11.7. The Kier molecular flexibility index (Phi) is 7.77. The van der Waals surface area contributed by atoms with E-state index in [1.165, 1.54) is 0 Å². The molecular weight excluding hydrogens is 355 g/mol. The van der Waals surface area contributed by atoms with Crippen molar-refractivity contribution in [3.05, 3.63) is 81.4 Å². The summed E-state index contributed by atoms with van der Waals surface area (Å²) in [5, 5.41) is 1.33. The number of hydrogen-bond acceptors (Lipinski definition) is 2. The largest absolute Gasteiger partial charge is 0.462 e. The molecule has 0 radical (unpaired) electrons. The molecule has 2 aromatic carbocycles. The highest BCUT2D eigenvalue weighted by Gasteiger charge is 2.08. The molecule has 130 valence electrons. The monoisotopic (exact) mass is 374 g/mol. The van der Waals surface area contributed by atoms with E-state index in [0.717, 1.165) is 24.0 Å². The molecule has 0 spiro atoms. The molecule has 0 bridgehead atoms. The van der Waals surface area contributed by atoms with Crippen molar-refractivity contribution in [3.63, 3.8) is 0 Å². The van der Waals surface area contributed by atoms with Gasteiger partial charge in [-0.15, -0.1) is 0 Å². The molecule has 0 saturated carbocycles. The number of halogens is 2. The molecule has 0 aliphatic heterocycles. The molecule has 2 aromatic rings. The highest BCUT2D eigenvalue weighted by Crippen LogP contribution is 2.16. The molecule has 0 unspecified atom stereocenters. The van der Waals surface area contributed by atoms with Crippen molar-refractivity contribution in [2.75, 3.05) is 6.61 Å². The topological polar surface area (TPSA) is 26.3 Å². The summed E-state index contributed by atoms with van der Waals surface area (Å²) >= 11 is 11.8. The van der Waals surface area contributed by atoms with Gasteiger partial charge >= 0.3 is 5.97 Å². The minimum absolute atomic E-state index is 0.339. The fourth-order valence-electron chi connectivity index (χ4n) is 2.07. The first-order valence-electron chi connectivity index (χ1n) is 8.16. The average Bonchev–Trinajstić information content (AvgIpc) is 2.61. The van der Waals surface area contributed by atoms with Crippen LogP contribution in [0.2, 0.25) is 10.0 Å². The van der Waals surface area contributed by atoms with E-state index in [-0.39, 0.29) is 5.97 Å². The summed E-state index contributed by atoms with van der Waals surface area (Å²) in [6, 6.07) is 14.7. The van der Waals surface area contributed by atoms with Crippen LogP contribution >= 0.6 is 23.2 Å². The number of hydrogen-bond donors (Lipinski definition) is 0. The van der Waals surface area contributed by atoms with Gasteiger partial charge in [0.15, 0.2) is 0 Å². The van der Waals surface area contributed by atoms with Gasteiger partial charge in [-0.05, 0) is 54.0 Å². The Morgan fingerprint density at radius 3 is 2.08 bits per heavy atom. The van der Waals surface area contributed by atoms with E-state index >= 15 is 0 Å². The van der Waals surface area contributed by atoms with E-state index in [9.17, 15) is 4.79 Å². The third-order valence-corrected chi connectivity index (χ3v) is 3.99. The maximum Gasteiger partial charge on any atom is 0.338 e. The molecular formula is C21H20Cl2O2. The predicted molar refractivity (Wildman–Crippen MR) is 106 cm³/mol. The third-order valence-electron chi connectivity index (χ3n) is 3.48. The smallest absolute Gasteiger partial charge is 0.338 e. The molecule has 0 atom stereocenters. The van der Waals surface area contributed by atoms with Gasteiger partial charge in [-0.25, -0.2) is 4.79 Å². The van der Waals surface area contributed by atoms with Crippen LogP contribution in [0, 0.1) is 0 Å². The Hall–Kier alpha value is -2.03. The number of esters is 1. The van der Waals surface area contributed by atoms with E-state index in [4.69, 9.17) is 27.9 Å². The number of rotatable bonds is 7. The Labute approximate surface area is 158 Å². The zero-order valence-corrected chi connectivity index (χ0v) is 15.6. The molecule has 25 heavy (non-hydrogen) atoms. The molecule has 4 heteroatoms. The van der Waals surface area contributed by atoms with Crippen molar-refractivity contribution in [2.45, 2.75) is 19.8 Å². The lowest BCUT2D eigenvalue weighted by atomic mass is 10.1. The van der Waals surface area contributed by atoms with Gasteiger partial charge in [0.05, 0.1) is 12.2 Å². The van der Waals surface area contributed by atoms with Crippen LogP contribution in [-0.4, -0.2) is 12.6 Å². The maximum absolute atomic E-state index is 12.4. The first-order valence-corrected chi connectivity index (χ1v) is 8.92. The van der Waals surface area contributed by atoms with Crippen LogP contribution < -0.4 is 0 Å². The van der Waals surface area contributed by atoms with Crippen molar-refractivity contribution in [1.29, 1.82) is 0 Å². The van der Waals surface area contributed by atoms with Gasteiger partial charge in [-0.2, -0.15) is 0 Å². The minimum Gasteiger partial charge on any atom is -0.462 e. The number of carbonyl (C=O) groups excluding carboxylic acids is 1. The van der Waals surface area contributed by atoms with Gasteiger partial charge in [0.1, 0.15) is 0 Å². The van der Waals surface area contributed by atoms with Crippen LogP contribution in [0.1, 0.15) is 30.9 Å². The van der Waals surface area contributed by atoms with E-state index in [1.54, 1.807) is 24.3 Å². The second-order valence-corrected chi connectivity index (χ2v) is 6.40. The predicted octanol–water partition coefficient (Wildman–Crippen LogP) is 6.43. The quantitative estimate of drug-likeness (QED) is 0.241. The molecule has 0 fully saturated rings. The molecule has 0 aromatic heterocycles.